The fourth-order valence-corrected chi connectivity index (χ4v) is 9.53. The number of thioether (sulfide) groups is 1. The largest absolute Gasteiger partial charge is 0.507 e. The van der Waals surface area contributed by atoms with Crippen LogP contribution in [0.5, 0.6) is 5.75 Å². The first-order valence-electron chi connectivity index (χ1n) is 12.1. The molecule has 5 aliphatic rings. The molecule has 5 fully saturated rings. The molecule has 3 heteroatoms. The van der Waals surface area contributed by atoms with Crippen LogP contribution in [0.25, 0.3) is 0 Å². The Hall–Kier alpha value is -0.280. The second kappa shape index (κ2) is 8.34. The molecule has 0 radical (unpaired) electrons. The van der Waals surface area contributed by atoms with E-state index >= 15 is 0 Å². The first-order chi connectivity index (χ1) is 14.0. The standard InChI is InChI=1S/C26H38OS2/c1-17-8-21(16-29-24-7-5-3-2-4-6-23(24)28)25(27)22(9-17)26-13-18-10-19(14-26)12-20(11-18)15-26/h8-9,18-20,23-24,27-28H,2-7,10-16H2,1H3/t18?,19?,20?,23-,24-,26?/m0/s1. The highest BCUT2D eigenvalue weighted by atomic mass is 32.2. The predicted molar refractivity (Wildman–Crippen MR) is 128 cm³/mol. The molecule has 1 aromatic rings. The van der Waals surface area contributed by atoms with E-state index in [4.69, 9.17) is 12.6 Å². The van der Waals surface area contributed by atoms with Crippen molar-refractivity contribution >= 4 is 24.4 Å². The molecule has 0 spiro atoms. The van der Waals surface area contributed by atoms with Crippen LogP contribution in [-0.2, 0) is 11.2 Å². The van der Waals surface area contributed by atoms with Crippen LogP contribution in [0, 0.1) is 24.7 Å². The van der Waals surface area contributed by atoms with Gasteiger partial charge in [-0.15, -0.1) is 0 Å². The van der Waals surface area contributed by atoms with Crippen molar-refractivity contribution in [2.75, 3.05) is 0 Å². The van der Waals surface area contributed by atoms with E-state index in [2.05, 4.69) is 30.8 Å². The average Bonchev–Trinajstić information content (AvgIpc) is 2.65. The van der Waals surface area contributed by atoms with Gasteiger partial charge < -0.3 is 5.11 Å². The molecule has 2 atom stereocenters. The molecule has 6 rings (SSSR count). The molecule has 5 saturated carbocycles. The molecule has 1 nitrogen and oxygen atoms in total. The number of hydrogen-bond donors (Lipinski definition) is 2. The third-order valence-electron chi connectivity index (χ3n) is 8.56. The lowest BCUT2D eigenvalue weighted by molar-refractivity contribution is -0.00619. The van der Waals surface area contributed by atoms with Crippen LogP contribution in [0.1, 0.15) is 93.7 Å². The number of benzene rings is 1. The van der Waals surface area contributed by atoms with Crippen LogP contribution in [0.2, 0.25) is 0 Å². The fourth-order valence-electron chi connectivity index (χ4n) is 7.63. The summed E-state index contributed by atoms with van der Waals surface area (Å²) in [7, 11) is 0. The van der Waals surface area contributed by atoms with Crippen molar-refractivity contribution in [3.63, 3.8) is 0 Å². The Kier molecular flexibility index (Phi) is 5.93. The molecule has 5 aliphatic carbocycles. The van der Waals surface area contributed by atoms with Crippen molar-refractivity contribution in [3.05, 3.63) is 28.8 Å². The van der Waals surface area contributed by atoms with Gasteiger partial charge >= 0.3 is 0 Å². The van der Waals surface area contributed by atoms with Crippen LogP contribution in [0.15, 0.2) is 12.1 Å². The zero-order valence-electron chi connectivity index (χ0n) is 18.0. The van der Waals surface area contributed by atoms with E-state index in [9.17, 15) is 5.11 Å². The van der Waals surface area contributed by atoms with E-state index in [1.54, 1.807) is 0 Å². The molecular weight excluding hydrogens is 392 g/mol. The maximum atomic E-state index is 11.4. The van der Waals surface area contributed by atoms with Gasteiger partial charge in [0, 0.05) is 27.4 Å². The molecular formula is C26H38OS2. The lowest BCUT2D eigenvalue weighted by Gasteiger charge is -2.57. The molecule has 0 saturated heterocycles. The van der Waals surface area contributed by atoms with E-state index in [1.165, 1.54) is 93.7 Å². The first kappa shape index (κ1) is 20.6. The third kappa shape index (κ3) is 4.12. The molecule has 0 amide bonds. The van der Waals surface area contributed by atoms with Gasteiger partial charge in [-0.25, -0.2) is 0 Å². The number of hydrogen-bond acceptors (Lipinski definition) is 3. The second-order valence-corrected chi connectivity index (χ2v) is 12.8. The van der Waals surface area contributed by atoms with Gasteiger partial charge in [0.1, 0.15) is 5.75 Å². The Balaban J connectivity index is 1.37. The zero-order chi connectivity index (χ0) is 20.0. The number of phenols is 1. The van der Waals surface area contributed by atoms with E-state index in [-0.39, 0.29) is 5.41 Å². The van der Waals surface area contributed by atoms with Gasteiger partial charge in [0.2, 0.25) is 0 Å². The fraction of sp³-hybridized carbons (Fsp3) is 0.769. The molecule has 0 aromatic heterocycles. The lowest BCUT2D eigenvalue weighted by Crippen LogP contribution is -2.48. The van der Waals surface area contributed by atoms with Crippen molar-refractivity contribution in [2.24, 2.45) is 17.8 Å². The molecule has 0 heterocycles. The number of aromatic hydroxyl groups is 1. The zero-order valence-corrected chi connectivity index (χ0v) is 19.7. The van der Waals surface area contributed by atoms with Gasteiger partial charge in [0.25, 0.3) is 0 Å². The Bertz CT molecular complexity index is 707. The normalized spacial score (nSPS) is 39.3. The smallest absolute Gasteiger partial charge is 0.123 e. The maximum absolute atomic E-state index is 11.4. The molecule has 4 bridgehead atoms. The predicted octanol–water partition coefficient (Wildman–Crippen LogP) is 7.42. The van der Waals surface area contributed by atoms with Crippen LogP contribution >= 0.6 is 24.4 Å². The van der Waals surface area contributed by atoms with Crippen molar-refractivity contribution in [3.8, 4) is 5.75 Å². The summed E-state index contributed by atoms with van der Waals surface area (Å²) in [6, 6.07) is 4.59. The Morgan fingerprint density at radius 3 is 2.24 bits per heavy atom. The van der Waals surface area contributed by atoms with Crippen molar-refractivity contribution < 1.29 is 5.11 Å². The van der Waals surface area contributed by atoms with E-state index in [0.29, 0.717) is 16.2 Å². The minimum Gasteiger partial charge on any atom is -0.507 e. The average molecular weight is 431 g/mol. The van der Waals surface area contributed by atoms with Crippen LogP contribution < -0.4 is 0 Å². The lowest BCUT2D eigenvalue weighted by atomic mass is 9.48. The minimum atomic E-state index is 0.274. The van der Waals surface area contributed by atoms with Gasteiger partial charge in [0.15, 0.2) is 0 Å². The second-order valence-electron chi connectivity index (χ2n) is 10.9. The summed E-state index contributed by atoms with van der Waals surface area (Å²) < 4.78 is 0. The Morgan fingerprint density at radius 1 is 0.966 bits per heavy atom. The summed E-state index contributed by atoms with van der Waals surface area (Å²) in [4.78, 5) is 0. The number of rotatable bonds is 4. The van der Waals surface area contributed by atoms with Crippen molar-refractivity contribution in [1.82, 2.24) is 0 Å². The number of aryl methyl sites for hydroxylation is 1. The Labute approximate surface area is 187 Å². The SMILES string of the molecule is Cc1cc(CS[C@H]2CCCCCC[C@@H]2S)c(O)c(C23CC4CC(CC(C4)C2)C3)c1. The summed E-state index contributed by atoms with van der Waals surface area (Å²) >= 11 is 7.00. The van der Waals surface area contributed by atoms with Crippen molar-refractivity contribution in [1.29, 1.82) is 0 Å². The van der Waals surface area contributed by atoms with Gasteiger partial charge in [0.05, 0.1) is 0 Å². The van der Waals surface area contributed by atoms with Gasteiger partial charge in [-0.2, -0.15) is 24.4 Å². The third-order valence-corrected chi connectivity index (χ3v) is 10.9. The van der Waals surface area contributed by atoms with Crippen LogP contribution in [0.3, 0.4) is 0 Å². The summed E-state index contributed by atoms with van der Waals surface area (Å²) in [5.41, 5.74) is 4.11. The molecule has 1 aromatic carbocycles. The highest BCUT2D eigenvalue weighted by Gasteiger charge is 2.52. The summed E-state index contributed by atoms with van der Waals surface area (Å²) in [6.45, 7) is 2.23. The highest BCUT2D eigenvalue weighted by Crippen LogP contribution is 2.62. The number of thiol groups is 1. The minimum absolute atomic E-state index is 0.274. The summed E-state index contributed by atoms with van der Waals surface area (Å²) in [5, 5.41) is 12.6. The summed E-state index contributed by atoms with van der Waals surface area (Å²) in [6.07, 6.45) is 16.3. The van der Waals surface area contributed by atoms with Crippen LogP contribution in [-0.4, -0.2) is 15.6 Å². The maximum Gasteiger partial charge on any atom is 0.123 e. The molecule has 1 N–H and O–H groups in total. The summed E-state index contributed by atoms with van der Waals surface area (Å²) in [5.74, 6) is 4.33. The Morgan fingerprint density at radius 2 is 1.59 bits per heavy atom. The topological polar surface area (TPSA) is 20.2 Å². The van der Waals surface area contributed by atoms with Gasteiger partial charge in [-0.1, -0.05) is 43.4 Å². The quantitative estimate of drug-likeness (QED) is 0.485. The molecule has 0 unspecified atom stereocenters. The monoisotopic (exact) mass is 430 g/mol. The van der Waals surface area contributed by atoms with Gasteiger partial charge in [-0.05, 0) is 81.5 Å². The van der Waals surface area contributed by atoms with Gasteiger partial charge in [-0.3, -0.25) is 0 Å². The van der Waals surface area contributed by atoms with Crippen LogP contribution in [0.4, 0.5) is 0 Å². The van der Waals surface area contributed by atoms with E-state index in [1.807, 2.05) is 0 Å². The van der Waals surface area contributed by atoms with E-state index in [0.717, 1.165) is 23.5 Å². The molecule has 29 heavy (non-hydrogen) atoms. The number of phenolic OH excluding ortho intramolecular Hbond substituents is 1. The molecule has 160 valence electrons. The highest BCUT2D eigenvalue weighted by molar-refractivity contribution is 8.00. The van der Waals surface area contributed by atoms with E-state index < -0.39 is 0 Å². The van der Waals surface area contributed by atoms with Crippen molar-refractivity contribution in [2.45, 2.75) is 106 Å². The first-order valence-corrected chi connectivity index (χ1v) is 13.7. The molecule has 0 aliphatic heterocycles.